The van der Waals surface area contributed by atoms with Gasteiger partial charge in [0, 0.05) is 19.0 Å². The largest absolute Gasteiger partial charge is 0.377 e. The van der Waals surface area contributed by atoms with E-state index in [1.807, 2.05) is 13.8 Å². The Morgan fingerprint density at radius 2 is 1.56 bits per heavy atom. The molecule has 0 aromatic heterocycles. The summed E-state index contributed by atoms with van der Waals surface area (Å²) in [5, 5.41) is 2.72. The van der Waals surface area contributed by atoms with Crippen LogP contribution in [-0.2, 0) is 24.3 Å². The Bertz CT molecular complexity index is 631. The van der Waals surface area contributed by atoms with Crippen LogP contribution in [-0.4, -0.2) is 52.8 Å². The van der Waals surface area contributed by atoms with Crippen LogP contribution in [0, 0.1) is 6.92 Å². The van der Waals surface area contributed by atoms with Crippen molar-refractivity contribution in [3.63, 3.8) is 0 Å². The molecular weight excluding hydrogens is 344 g/mol. The molecule has 1 amide bonds. The van der Waals surface area contributed by atoms with Crippen molar-refractivity contribution in [1.29, 1.82) is 0 Å². The molecule has 0 fully saturated rings. The van der Waals surface area contributed by atoms with Gasteiger partial charge < -0.3 is 14.8 Å². The average Bonchev–Trinajstić information content (AvgIpc) is 2.50. The highest BCUT2D eigenvalue weighted by Gasteiger charge is 2.17. The Labute approximate surface area is 150 Å². The number of amides is 1. The molecule has 8 heteroatoms. The minimum Gasteiger partial charge on any atom is -0.377 e. The molecule has 2 unspecified atom stereocenters. The van der Waals surface area contributed by atoms with Gasteiger partial charge in [0.05, 0.1) is 31.3 Å². The quantitative estimate of drug-likeness (QED) is 0.570. The first kappa shape index (κ1) is 21.6. The van der Waals surface area contributed by atoms with E-state index in [4.69, 9.17) is 9.47 Å². The van der Waals surface area contributed by atoms with E-state index >= 15 is 0 Å². The van der Waals surface area contributed by atoms with Crippen LogP contribution in [0.5, 0.6) is 0 Å². The molecule has 0 spiro atoms. The maximum Gasteiger partial charge on any atom is 0.240 e. The second kappa shape index (κ2) is 10.5. The monoisotopic (exact) mass is 372 g/mol. The molecule has 1 aromatic carbocycles. The summed E-state index contributed by atoms with van der Waals surface area (Å²) in [7, 11) is -3.55. The second-order valence-corrected chi connectivity index (χ2v) is 7.80. The first-order valence-electron chi connectivity index (χ1n) is 8.22. The lowest BCUT2D eigenvalue weighted by atomic mass is 10.2. The van der Waals surface area contributed by atoms with E-state index < -0.39 is 10.0 Å². The first-order chi connectivity index (χ1) is 11.7. The van der Waals surface area contributed by atoms with Crippen LogP contribution in [0.3, 0.4) is 0 Å². The molecule has 0 saturated carbocycles. The van der Waals surface area contributed by atoms with Crippen molar-refractivity contribution >= 4 is 15.9 Å². The summed E-state index contributed by atoms with van der Waals surface area (Å²) in [6.45, 7) is 8.33. The van der Waals surface area contributed by atoms with Crippen LogP contribution in [0.4, 0.5) is 0 Å². The number of rotatable bonds is 11. The summed E-state index contributed by atoms with van der Waals surface area (Å²) in [4.78, 5) is 11.1. The van der Waals surface area contributed by atoms with E-state index in [1.165, 1.54) is 6.92 Å². The fourth-order valence-electron chi connectivity index (χ4n) is 2.11. The predicted octanol–water partition coefficient (Wildman–Crippen LogP) is 1.22. The van der Waals surface area contributed by atoms with Gasteiger partial charge in [0.2, 0.25) is 15.9 Å². The number of nitrogens with one attached hydrogen (secondary N) is 2. The Hall–Kier alpha value is -1.48. The van der Waals surface area contributed by atoms with Crippen molar-refractivity contribution in [1.82, 2.24) is 10.0 Å². The molecule has 7 nitrogen and oxygen atoms in total. The molecule has 0 radical (unpaired) electrons. The zero-order valence-electron chi connectivity index (χ0n) is 15.2. The zero-order chi connectivity index (χ0) is 18.9. The van der Waals surface area contributed by atoms with Gasteiger partial charge in [-0.2, -0.15) is 0 Å². The summed E-state index contributed by atoms with van der Waals surface area (Å²) in [5.41, 5.74) is 1.00. The number of benzene rings is 1. The number of hydrogen-bond donors (Lipinski definition) is 2. The Morgan fingerprint density at radius 1 is 1.04 bits per heavy atom. The highest BCUT2D eigenvalue weighted by molar-refractivity contribution is 7.89. The molecule has 0 aliphatic rings. The summed E-state index contributed by atoms with van der Waals surface area (Å²) >= 11 is 0. The first-order valence-corrected chi connectivity index (χ1v) is 9.70. The number of sulfonamides is 1. The smallest absolute Gasteiger partial charge is 0.240 e. The standard InChI is InChI=1S/C17H28N2O5S/c1-13-5-7-17(8-6-13)25(21,22)19-15(3)12-24-10-9-23-11-14(2)18-16(4)20/h5-8,14-15,19H,9-12H2,1-4H3,(H,18,20). The van der Waals surface area contributed by atoms with Crippen molar-refractivity contribution in [2.45, 2.75) is 44.7 Å². The molecule has 142 valence electrons. The molecule has 2 atom stereocenters. The second-order valence-electron chi connectivity index (χ2n) is 6.09. The topological polar surface area (TPSA) is 93.7 Å². The summed E-state index contributed by atoms with van der Waals surface area (Å²) < 4.78 is 37.8. The van der Waals surface area contributed by atoms with Crippen LogP contribution in [0.25, 0.3) is 0 Å². The molecule has 0 aliphatic heterocycles. The van der Waals surface area contributed by atoms with Crippen LogP contribution in [0.1, 0.15) is 26.3 Å². The predicted molar refractivity (Wildman–Crippen MR) is 95.9 cm³/mol. The van der Waals surface area contributed by atoms with Gasteiger partial charge in [0.1, 0.15) is 0 Å². The lowest BCUT2D eigenvalue weighted by molar-refractivity contribution is -0.120. The van der Waals surface area contributed by atoms with E-state index in [9.17, 15) is 13.2 Å². The Kier molecular flexibility index (Phi) is 9.05. The SMILES string of the molecule is CC(=O)NC(C)COCCOCC(C)NS(=O)(=O)c1ccc(C)cc1. The van der Waals surface area contributed by atoms with Gasteiger partial charge in [-0.1, -0.05) is 17.7 Å². The number of carbonyl (C=O) groups excluding carboxylic acids is 1. The molecule has 0 saturated heterocycles. The minimum atomic E-state index is -3.55. The van der Waals surface area contributed by atoms with Gasteiger partial charge in [-0.05, 0) is 32.9 Å². The fourth-order valence-corrected chi connectivity index (χ4v) is 3.34. The maximum atomic E-state index is 12.2. The van der Waals surface area contributed by atoms with Gasteiger partial charge in [-0.25, -0.2) is 13.1 Å². The Morgan fingerprint density at radius 3 is 2.08 bits per heavy atom. The van der Waals surface area contributed by atoms with Crippen LogP contribution in [0.2, 0.25) is 0 Å². The van der Waals surface area contributed by atoms with Crippen LogP contribution >= 0.6 is 0 Å². The van der Waals surface area contributed by atoms with Gasteiger partial charge in [-0.3, -0.25) is 4.79 Å². The molecule has 0 aliphatic carbocycles. The maximum absolute atomic E-state index is 12.2. The highest BCUT2D eigenvalue weighted by atomic mass is 32.2. The van der Waals surface area contributed by atoms with Crippen molar-refractivity contribution in [3.8, 4) is 0 Å². The van der Waals surface area contributed by atoms with Crippen molar-refractivity contribution in [3.05, 3.63) is 29.8 Å². The molecule has 1 rings (SSSR count). The molecule has 0 bridgehead atoms. The summed E-state index contributed by atoms with van der Waals surface area (Å²) in [6, 6.07) is 6.26. The van der Waals surface area contributed by atoms with E-state index in [2.05, 4.69) is 10.0 Å². The highest BCUT2D eigenvalue weighted by Crippen LogP contribution is 2.10. The van der Waals surface area contributed by atoms with Gasteiger partial charge >= 0.3 is 0 Å². The van der Waals surface area contributed by atoms with Crippen molar-refractivity contribution < 1.29 is 22.7 Å². The fraction of sp³-hybridized carbons (Fsp3) is 0.588. The number of hydrogen-bond acceptors (Lipinski definition) is 5. The van der Waals surface area contributed by atoms with Gasteiger partial charge in [0.25, 0.3) is 0 Å². The lowest BCUT2D eigenvalue weighted by Gasteiger charge is -2.15. The Balaban J connectivity index is 2.23. The average molecular weight is 372 g/mol. The van der Waals surface area contributed by atoms with E-state index in [0.29, 0.717) is 19.8 Å². The normalized spacial score (nSPS) is 14.1. The summed E-state index contributed by atoms with van der Waals surface area (Å²) in [5.74, 6) is -0.0953. The van der Waals surface area contributed by atoms with E-state index in [1.54, 1.807) is 31.2 Å². The third-order valence-corrected chi connectivity index (χ3v) is 4.85. The van der Waals surface area contributed by atoms with Gasteiger partial charge in [0.15, 0.2) is 0 Å². The number of carbonyl (C=O) groups is 1. The molecule has 0 heterocycles. The van der Waals surface area contributed by atoms with Crippen LogP contribution < -0.4 is 10.0 Å². The number of ether oxygens (including phenoxy) is 2. The summed E-state index contributed by atoms with van der Waals surface area (Å²) in [6.07, 6.45) is 0. The zero-order valence-corrected chi connectivity index (χ0v) is 16.1. The van der Waals surface area contributed by atoms with Gasteiger partial charge in [-0.15, -0.1) is 0 Å². The van der Waals surface area contributed by atoms with Crippen molar-refractivity contribution in [2.75, 3.05) is 26.4 Å². The minimum absolute atomic E-state index is 0.0576. The third kappa shape index (κ3) is 8.97. The van der Waals surface area contributed by atoms with E-state index in [-0.39, 0.29) is 29.5 Å². The lowest BCUT2D eigenvalue weighted by Crippen LogP contribution is -2.36. The molecule has 2 N–H and O–H groups in total. The number of aryl methyl sites for hydroxylation is 1. The molecule has 25 heavy (non-hydrogen) atoms. The van der Waals surface area contributed by atoms with Crippen LogP contribution in [0.15, 0.2) is 29.2 Å². The van der Waals surface area contributed by atoms with E-state index in [0.717, 1.165) is 5.56 Å². The molecular formula is C17H28N2O5S. The third-order valence-electron chi connectivity index (χ3n) is 3.24. The van der Waals surface area contributed by atoms with Crippen molar-refractivity contribution in [2.24, 2.45) is 0 Å². The molecule has 1 aromatic rings.